The quantitative estimate of drug-likeness (QED) is 0.703. The first-order valence-corrected chi connectivity index (χ1v) is 5.96. The standard InChI is InChI=1S/C13H25NO/c1-9(2)11-6-7-13(5,15)12(8-11)14-10(3)4/h10-12,14-15H,1,6-8H2,2-5H3. The van der Waals surface area contributed by atoms with Gasteiger partial charge in [0, 0.05) is 12.1 Å². The Morgan fingerprint density at radius 1 is 1.53 bits per heavy atom. The summed E-state index contributed by atoms with van der Waals surface area (Å²) in [6.07, 6.45) is 2.95. The highest BCUT2D eigenvalue weighted by Gasteiger charge is 2.38. The molecule has 1 rings (SSSR count). The fourth-order valence-corrected chi connectivity index (χ4v) is 2.39. The van der Waals surface area contributed by atoms with Crippen molar-refractivity contribution in [3.63, 3.8) is 0 Å². The van der Waals surface area contributed by atoms with Gasteiger partial charge in [-0.25, -0.2) is 0 Å². The molecule has 0 bridgehead atoms. The lowest BCUT2D eigenvalue weighted by Gasteiger charge is -2.42. The first-order chi connectivity index (χ1) is 6.83. The molecule has 1 fully saturated rings. The van der Waals surface area contributed by atoms with Crippen LogP contribution in [0.4, 0.5) is 0 Å². The fraction of sp³-hybridized carbons (Fsp3) is 0.846. The largest absolute Gasteiger partial charge is 0.389 e. The smallest absolute Gasteiger partial charge is 0.0772 e. The van der Waals surface area contributed by atoms with Crippen molar-refractivity contribution < 1.29 is 5.11 Å². The predicted octanol–water partition coefficient (Wildman–Crippen LogP) is 2.48. The van der Waals surface area contributed by atoms with Gasteiger partial charge < -0.3 is 10.4 Å². The third kappa shape index (κ3) is 3.32. The molecule has 0 radical (unpaired) electrons. The van der Waals surface area contributed by atoms with E-state index in [0.29, 0.717) is 12.0 Å². The Hall–Kier alpha value is -0.340. The molecule has 2 N–H and O–H groups in total. The summed E-state index contributed by atoms with van der Waals surface area (Å²) in [5, 5.41) is 13.8. The molecule has 0 aliphatic heterocycles. The Kier molecular flexibility index (Phi) is 3.96. The average molecular weight is 211 g/mol. The van der Waals surface area contributed by atoms with Gasteiger partial charge in [-0.15, -0.1) is 0 Å². The van der Waals surface area contributed by atoms with Gasteiger partial charge in [-0.2, -0.15) is 0 Å². The minimum Gasteiger partial charge on any atom is -0.389 e. The molecule has 1 aliphatic rings. The van der Waals surface area contributed by atoms with E-state index in [9.17, 15) is 5.11 Å². The maximum absolute atomic E-state index is 10.3. The third-order valence-electron chi connectivity index (χ3n) is 3.50. The van der Waals surface area contributed by atoms with Gasteiger partial charge in [0.25, 0.3) is 0 Å². The first-order valence-electron chi connectivity index (χ1n) is 5.96. The summed E-state index contributed by atoms with van der Waals surface area (Å²) < 4.78 is 0. The lowest BCUT2D eigenvalue weighted by atomic mass is 9.74. The molecule has 0 aromatic carbocycles. The number of hydrogen-bond donors (Lipinski definition) is 2. The second kappa shape index (κ2) is 4.67. The molecule has 88 valence electrons. The van der Waals surface area contributed by atoms with E-state index < -0.39 is 5.60 Å². The van der Waals surface area contributed by atoms with Crippen LogP contribution < -0.4 is 5.32 Å². The van der Waals surface area contributed by atoms with E-state index in [1.165, 1.54) is 5.57 Å². The van der Waals surface area contributed by atoms with Gasteiger partial charge in [0.05, 0.1) is 5.60 Å². The van der Waals surface area contributed by atoms with E-state index in [2.05, 4.69) is 32.7 Å². The molecule has 2 heteroatoms. The molecule has 0 amide bonds. The lowest BCUT2D eigenvalue weighted by molar-refractivity contribution is -0.0225. The van der Waals surface area contributed by atoms with Crippen LogP contribution in [0.5, 0.6) is 0 Å². The van der Waals surface area contributed by atoms with Crippen molar-refractivity contribution in [2.75, 3.05) is 0 Å². The minimum absolute atomic E-state index is 0.202. The Labute approximate surface area is 93.8 Å². The van der Waals surface area contributed by atoms with Crippen LogP contribution in [0.1, 0.15) is 47.0 Å². The van der Waals surface area contributed by atoms with Crippen molar-refractivity contribution in [1.29, 1.82) is 0 Å². The van der Waals surface area contributed by atoms with Crippen molar-refractivity contribution in [3.05, 3.63) is 12.2 Å². The highest BCUT2D eigenvalue weighted by molar-refractivity contribution is 5.05. The van der Waals surface area contributed by atoms with Crippen LogP contribution in [0.2, 0.25) is 0 Å². The van der Waals surface area contributed by atoms with Crippen LogP contribution in [0.15, 0.2) is 12.2 Å². The SMILES string of the molecule is C=C(C)C1CCC(C)(O)C(NC(C)C)C1. The zero-order chi connectivity index (χ0) is 11.6. The molecule has 3 unspecified atom stereocenters. The average Bonchev–Trinajstić information content (AvgIpc) is 2.07. The molecular weight excluding hydrogens is 186 g/mol. The van der Waals surface area contributed by atoms with Crippen molar-refractivity contribution in [3.8, 4) is 0 Å². The predicted molar refractivity (Wildman–Crippen MR) is 64.8 cm³/mol. The molecular formula is C13H25NO. The molecule has 2 nitrogen and oxygen atoms in total. The van der Waals surface area contributed by atoms with Crippen molar-refractivity contribution in [1.82, 2.24) is 5.32 Å². The van der Waals surface area contributed by atoms with E-state index in [-0.39, 0.29) is 6.04 Å². The second-order valence-corrected chi connectivity index (χ2v) is 5.55. The van der Waals surface area contributed by atoms with Gasteiger partial charge in [0.15, 0.2) is 0 Å². The van der Waals surface area contributed by atoms with Gasteiger partial charge in [0.2, 0.25) is 0 Å². The first kappa shape index (κ1) is 12.7. The van der Waals surface area contributed by atoms with E-state index in [1.54, 1.807) is 0 Å². The minimum atomic E-state index is -0.559. The molecule has 1 saturated carbocycles. The summed E-state index contributed by atoms with van der Waals surface area (Å²) in [6, 6.07) is 0.623. The zero-order valence-electron chi connectivity index (χ0n) is 10.5. The maximum Gasteiger partial charge on any atom is 0.0772 e. The Balaban J connectivity index is 2.66. The summed E-state index contributed by atoms with van der Waals surface area (Å²) in [7, 11) is 0. The third-order valence-corrected chi connectivity index (χ3v) is 3.50. The Morgan fingerprint density at radius 2 is 2.13 bits per heavy atom. The van der Waals surface area contributed by atoms with Gasteiger partial charge >= 0.3 is 0 Å². The van der Waals surface area contributed by atoms with Crippen LogP contribution in [0.25, 0.3) is 0 Å². The molecule has 0 aromatic heterocycles. The maximum atomic E-state index is 10.3. The summed E-state index contributed by atoms with van der Waals surface area (Å²) in [5.41, 5.74) is 0.692. The van der Waals surface area contributed by atoms with Crippen molar-refractivity contribution in [2.45, 2.75) is 64.6 Å². The monoisotopic (exact) mass is 211 g/mol. The fourth-order valence-electron chi connectivity index (χ4n) is 2.39. The molecule has 15 heavy (non-hydrogen) atoms. The summed E-state index contributed by atoms with van der Waals surface area (Å²) >= 11 is 0. The molecule has 0 spiro atoms. The highest BCUT2D eigenvalue weighted by atomic mass is 16.3. The molecule has 1 aliphatic carbocycles. The van der Waals surface area contributed by atoms with Gasteiger partial charge in [-0.05, 0) is 39.0 Å². The van der Waals surface area contributed by atoms with E-state index >= 15 is 0 Å². The van der Waals surface area contributed by atoms with Crippen LogP contribution in [0.3, 0.4) is 0 Å². The summed E-state index contributed by atoms with van der Waals surface area (Å²) in [5.74, 6) is 0.571. The van der Waals surface area contributed by atoms with Crippen LogP contribution in [-0.4, -0.2) is 22.8 Å². The Morgan fingerprint density at radius 3 is 2.60 bits per heavy atom. The molecule has 0 saturated heterocycles. The molecule has 0 heterocycles. The van der Waals surface area contributed by atoms with Gasteiger partial charge in [-0.3, -0.25) is 0 Å². The van der Waals surface area contributed by atoms with Gasteiger partial charge in [-0.1, -0.05) is 26.0 Å². The van der Waals surface area contributed by atoms with E-state index in [0.717, 1.165) is 19.3 Å². The Bertz CT molecular complexity index is 233. The molecule has 0 aromatic rings. The van der Waals surface area contributed by atoms with E-state index in [4.69, 9.17) is 0 Å². The van der Waals surface area contributed by atoms with Crippen LogP contribution >= 0.6 is 0 Å². The van der Waals surface area contributed by atoms with Crippen LogP contribution in [-0.2, 0) is 0 Å². The lowest BCUT2D eigenvalue weighted by Crippen LogP contribution is -2.54. The normalized spacial score (nSPS) is 36.9. The van der Waals surface area contributed by atoms with Gasteiger partial charge in [0.1, 0.15) is 0 Å². The number of aliphatic hydroxyl groups is 1. The number of allylic oxidation sites excluding steroid dienone is 1. The molecule has 3 atom stereocenters. The second-order valence-electron chi connectivity index (χ2n) is 5.55. The zero-order valence-corrected chi connectivity index (χ0v) is 10.5. The topological polar surface area (TPSA) is 32.3 Å². The number of rotatable bonds is 3. The van der Waals surface area contributed by atoms with Crippen molar-refractivity contribution in [2.24, 2.45) is 5.92 Å². The number of nitrogens with one attached hydrogen (secondary N) is 1. The number of hydrogen-bond acceptors (Lipinski definition) is 2. The van der Waals surface area contributed by atoms with Crippen molar-refractivity contribution >= 4 is 0 Å². The van der Waals surface area contributed by atoms with Crippen LogP contribution in [0, 0.1) is 5.92 Å². The summed E-state index contributed by atoms with van der Waals surface area (Å²) in [4.78, 5) is 0. The highest BCUT2D eigenvalue weighted by Crippen LogP contribution is 2.35. The van der Waals surface area contributed by atoms with E-state index in [1.807, 2.05) is 6.92 Å². The summed E-state index contributed by atoms with van der Waals surface area (Å²) in [6.45, 7) is 12.3.